The van der Waals surface area contributed by atoms with Crippen molar-refractivity contribution in [1.29, 1.82) is 0 Å². The fourth-order valence-electron chi connectivity index (χ4n) is 9.34. The average Bonchev–Trinajstić information content (AvgIpc) is 3.34. The molecule has 1 aromatic rings. The zero-order chi connectivity index (χ0) is 21.1. The molecule has 0 aliphatic heterocycles. The highest BCUT2D eigenvalue weighted by atomic mass is 16.3. The van der Waals surface area contributed by atoms with E-state index in [1.54, 1.807) is 0 Å². The third kappa shape index (κ3) is 3.22. The molecule has 1 aromatic heterocycles. The highest BCUT2D eigenvalue weighted by molar-refractivity contribution is 5.13. The average molecular weight is 414 g/mol. The number of aliphatic hydroxyl groups excluding tert-OH is 1. The lowest BCUT2D eigenvalue weighted by atomic mass is 9.44. The van der Waals surface area contributed by atoms with Gasteiger partial charge in [0, 0.05) is 12.4 Å². The van der Waals surface area contributed by atoms with E-state index in [1.807, 2.05) is 6.20 Å². The van der Waals surface area contributed by atoms with Gasteiger partial charge in [-0.2, -0.15) is 0 Å². The molecule has 168 valence electrons. The first kappa shape index (κ1) is 21.1. The maximum absolute atomic E-state index is 11.6. The Labute approximate surface area is 183 Å². The number of nitrogens with one attached hydrogen (secondary N) is 1. The van der Waals surface area contributed by atoms with Crippen molar-refractivity contribution in [3.63, 3.8) is 0 Å². The Hall–Kier alpha value is -0.800. The molecule has 0 saturated heterocycles. The van der Waals surface area contributed by atoms with E-state index in [-0.39, 0.29) is 6.10 Å². The lowest BCUT2D eigenvalue weighted by Crippen LogP contribution is -2.55. The first-order chi connectivity index (χ1) is 14.2. The van der Waals surface area contributed by atoms with Crippen molar-refractivity contribution in [2.24, 2.45) is 40.4 Å². The van der Waals surface area contributed by atoms with Crippen LogP contribution in [0.2, 0.25) is 0 Å². The van der Waals surface area contributed by atoms with Crippen LogP contribution in [0.3, 0.4) is 0 Å². The van der Waals surface area contributed by atoms with Crippen LogP contribution in [0, 0.1) is 40.4 Å². The van der Waals surface area contributed by atoms with Gasteiger partial charge < -0.3 is 15.2 Å². The number of aryl methyl sites for hydroxylation is 1. The van der Waals surface area contributed by atoms with Crippen LogP contribution < -0.4 is 0 Å². The lowest BCUT2D eigenvalue weighted by Gasteiger charge is -2.61. The Morgan fingerprint density at radius 3 is 2.57 bits per heavy atom. The van der Waals surface area contributed by atoms with Gasteiger partial charge in [-0.25, -0.2) is 0 Å². The van der Waals surface area contributed by atoms with Crippen LogP contribution in [-0.2, 0) is 6.42 Å². The molecule has 0 amide bonds. The summed E-state index contributed by atoms with van der Waals surface area (Å²) >= 11 is 0. The Bertz CT molecular complexity index is 742. The van der Waals surface area contributed by atoms with Crippen molar-refractivity contribution in [2.45, 2.75) is 103 Å². The Morgan fingerprint density at radius 2 is 1.80 bits per heavy atom. The largest absolute Gasteiger partial charge is 0.393 e. The molecule has 4 aliphatic rings. The van der Waals surface area contributed by atoms with Gasteiger partial charge in [0.25, 0.3) is 0 Å². The van der Waals surface area contributed by atoms with Crippen LogP contribution >= 0.6 is 0 Å². The summed E-state index contributed by atoms with van der Waals surface area (Å²) in [6, 6.07) is 2.14. The second kappa shape index (κ2) is 7.37. The molecular weight excluding hydrogens is 370 g/mol. The van der Waals surface area contributed by atoms with Gasteiger partial charge in [-0.3, -0.25) is 0 Å². The molecule has 2 unspecified atom stereocenters. The molecule has 0 aromatic carbocycles. The molecule has 3 N–H and O–H groups in total. The minimum Gasteiger partial charge on any atom is -0.393 e. The second-order valence-electron chi connectivity index (χ2n) is 12.3. The molecule has 9 atom stereocenters. The number of H-pyrrole nitrogens is 1. The van der Waals surface area contributed by atoms with E-state index in [4.69, 9.17) is 0 Å². The summed E-state index contributed by atoms with van der Waals surface area (Å²) in [5.74, 6) is 3.61. The molecule has 4 saturated carbocycles. The number of rotatable bonds is 4. The standard InChI is InChI=1S/C27H43NO2/c1-25-12-9-20(29)16-19(25)4-5-21-22-6-7-24(26(22,2)13-10-23(21)25)27(3,30)14-8-18-11-15-28-17-18/h11,15,17,19-24,28-30H,4-10,12-14,16H2,1-3H3/t19?,20-,21-,22-,23-,24-,25-,26-,27?/m0/s1. The summed E-state index contributed by atoms with van der Waals surface area (Å²) < 4.78 is 0. The number of aromatic nitrogens is 1. The number of fused-ring (bicyclic) bond motifs is 5. The monoisotopic (exact) mass is 413 g/mol. The minimum absolute atomic E-state index is 0.0560. The number of aliphatic hydroxyl groups is 2. The predicted molar refractivity (Wildman–Crippen MR) is 121 cm³/mol. The molecule has 0 radical (unpaired) electrons. The van der Waals surface area contributed by atoms with E-state index < -0.39 is 5.60 Å². The first-order valence-electron chi connectivity index (χ1n) is 12.8. The number of hydrogen-bond acceptors (Lipinski definition) is 2. The van der Waals surface area contributed by atoms with Crippen molar-refractivity contribution in [2.75, 3.05) is 0 Å². The normalized spacial score (nSPS) is 47.8. The van der Waals surface area contributed by atoms with Crippen LogP contribution in [0.4, 0.5) is 0 Å². The molecule has 5 rings (SSSR count). The summed E-state index contributed by atoms with van der Waals surface area (Å²) in [6.07, 6.45) is 16.9. The first-order valence-corrected chi connectivity index (χ1v) is 12.8. The summed E-state index contributed by atoms with van der Waals surface area (Å²) in [6.45, 7) is 7.24. The van der Waals surface area contributed by atoms with E-state index in [0.29, 0.717) is 16.7 Å². The van der Waals surface area contributed by atoms with E-state index in [2.05, 4.69) is 38.0 Å². The Morgan fingerprint density at radius 1 is 1.03 bits per heavy atom. The van der Waals surface area contributed by atoms with E-state index in [9.17, 15) is 10.2 Å². The third-order valence-corrected chi connectivity index (χ3v) is 11.0. The van der Waals surface area contributed by atoms with Crippen LogP contribution in [0.1, 0.15) is 90.5 Å². The van der Waals surface area contributed by atoms with Gasteiger partial charge in [-0.1, -0.05) is 13.8 Å². The molecule has 0 bridgehead atoms. The Kier molecular flexibility index (Phi) is 5.18. The maximum Gasteiger partial charge on any atom is 0.0656 e. The van der Waals surface area contributed by atoms with E-state index >= 15 is 0 Å². The van der Waals surface area contributed by atoms with Crippen molar-refractivity contribution in [3.8, 4) is 0 Å². The lowest BCUT2D eigenvalue weighted by molar-refractivity contribution is -0.144. The Balaban J connectivity index is 1.34. The summed E-state index contributed by atoms with van der Waals surface area (Å²) in [4.78, 5) is 3.15. The van der Waals surface area contributed by atoms with Gasteiger partial charge in [0.1, 0.15) is 0 Å². The van der Waals surface area contributed by atoms with Gasteiger partial charge in [0.15, 0.2) is 0 Å². The highest BCUT2D eigenvalue weighted by Gasteiger charge is 2.62. The highest BCUT2D eigenvalue weighted by Crippen LogP contribution is 2.68. The zero-order valence-corrected chi connectivity index (χ0v) is 19.4. The van der Waals surface area contributed by atoms with Crippen molar-refractivity contribution < 1.29 is 10.2 Å². The van der Waals surface area contributed by atoms with E-state index in [0.717, 1.165) is 49.4 Å². The summed E-state index contributed by atoms with van der Waals surface area (Å²) in [5, 5.41) is 21.9. The van der Waals surface area contributed by atoms with Gasteiger partial charge in [0.05, 0.1) is 11.7 Å². The third-order valence-electron chi connectivity index (χ3n) is 11.0. The summed E-state index contributed by atoms with van der Waals surface area (Å²) in [5.41, 5.74) is 1.46. The second-order valence-corrected chi connectivity index (χ2v) is 12.3. The maximum atomic E-state index is 11.6. The molecule has 4 aliphatic carbocycles. The molecule has 4 fully saturated rings. The van der Waals surface area contributed by atoms with Gasteiger partial charge >= 0.3 is 0 Å². The predicted octanol–water partition coefficient (Wildman–Crippen LogP) is 5.72. The molecular formula is C27H43NO2. The molecule has 3 heteroatoms. The van der Waals surface area contributed by atoms with Crippen LogP contribution in [0.15, 0.2) is 18.5 Å². The van der Waals surface area contributed by atoms with Crippen LogP contribution in [-0.4, -0.2) is 26.9 Å². The quantitative estimate of drug-likeness (QED) is 0.591. The summed E-state index contributed by atoms with van der Waals surface area (Å²) in [7, 11) is 0. The number of hydrogen-bond donors (Lipinski definition) is 3. The zero-order valence-electron chi connectivity index (χ0n) is 19.4. The molecule has 0 spiro atoms. The van der Waals surface area contributed by atoms with Crippen LogP contribution in [0.25, 0.3) is 0 Å². The molecule has 3 nitrogen and oxygen atoms in total. The fourth-order valence-corrected chi connectivity index (χ4v) is 9.34. The van der Waals surface area contributed by atoms with Crippen LogP contribution in [0.5, 0.6) is 0 Å². The number of aromatic amines is 1. The smallest absolute Gasteiger partial charge is 0.0656 e. The van der Waals surface area contributed by atoms with E-state index in [1.165, 1.54) is 50.5 Å². The van der Waals surface area contributed by atoms with Crippen molar-refractivity contribution >= 4 is 0 Å². The molecule has 1 heterocycles. The topological polar surface area (TPSA) is 56.2 Å². The van der Waals surface area contributed by atoms with Gasteiger partial charge in [-0.05, 0) is 130 Å². The van der Waals surface area contributed by atoms with Crippen molar-refractivity contribution in [1.82, 2.24) is 4.98 Å². The van der Waals surface area contributed by atoms with Crippen molar-refractivity contribution in [3.05, 3.63) is 24.0 Å². The fraction of sp³-hybridized carbons (Fsp3) is 0.852. The molecule has 30 heavy (non-hydrogen) atoms. The van der Waals surface area contributed by atoms with Gasteiger partial charge in [0.2, 0.25) is 0 Å². The van der Waals surface area contributed by atoms with Gasteiger partial charge in [-0.15, -0.1) is 0 Å². The minimum atomic E-state index is -0.580. The SMILES string of the molecule is CC(O)(CCc1cc[nH]c1)[C@H]1CC[C@H]2[C@@H]3CCC4C[C@@H](O)CC[C@]4(C)[C@H]3CC[C@]12C.